The second-order valence-electron chi connectivity index (χ2n) is 7.18. The van der Waals surface area contributed by atoms with Gasteiger partial charge in [0.15, 0.2) is 11.5 Å². The highest BCUT2D eigenvalue weighted by Gasteiger charge is 2.18. The van der Waals surface area contributed by atoms with Crippen LogP contribution < -0.4 is 19.5 Å². The standard InChI is InChI=1S/C23H21ClN2O5S/c24-19-5-1-3-16(11-19)9-10-25-23(27)18-4-2-6-20(13-18)32(28,29)26-14-17-7-8-21-22(12-17)31-15-30-21/h1-8,11-13,26H,9-10,14-15H2,(H,25,27). The number of nitrogens with one attached hydrogen (secondary N) is 2. The van der Waals surface area contributed by atoms with Crippen LogP contribution in [0.15, 0.2) is 71.6 Å². The molecule has 3 aromatic rings. The molecule has 7 nitrogen and oxygen atoms in total. The molecule has 0 aromatic heterocycles. The van der Waals surface area contributed by atoms with Gasteiger partial charge in [0.05, 0.1) is 4.90 Å². The first-order valence-electron chi connectivity index (χ1n) is 9.92. The molecule has 0 saturated heterocycles. The molecule has 0 unspecified atom stereocenters. The molecular formula is C23H21ClN2O5S. The summed E-state index contributed by atoms with van der Waals surface area (Å²) in [5.74, 6) is 0.865. The van der Waals surface area contributed by atoms with Gasteiger partial charge in [0.2, 0.25) is 16.8 Å². The van der Waals surface area contributed by atoms with Crippen molar-refractivity contribution in [1.82, 2.24) is 10.0 Å². The lowest BCUT2D eigenvalue weighted by Gasteiger charge is -2.10. The van der Waals surface area contributed by atoms with E-state index in [0.29, 0.717) is 29.5 Å². The Morgan fingerprint density at radius 2 is 1.75 bits per heavy atom. The summed E-state index contributed by atoms with van der Waals surface area (Å²) in [6, 6.07) is 18.6. The van der Waals surface area contributed by atoms with Crippen molar-refractivity contribution in [3.63, 3.8) is 0 Å². The van der Waals surface area contributed by atoms with Gasteiger partial charge in [-0.25, -0.2) is 13.1 Å². The topological polar surface area (TPSA) is 93.7 Å². The average molecular weight is 473 g/mol. The zero-order valence-electron chi connectivity index (χ0n) is 17.0. The van der Waals surface area contributed by atoms with Gasteiger partial charge in [-0.1, -0.05) is 35.9 Å². The van der Waals surface area contributed by atoms with Crippen LogP contribution in [0, 0.1) is 0 Å². The first-order valence-corrected chi connectivity index (χ1v) is 11.8. The summed E-state index contributed by atoms with van der Waals surface area (Å²) in [5, 5.41) is 3.44. The summed E-state index contributed by atoms with van der Waals surface area (Å²) in [6.07, 6.45) is 0.612. The molecule has 0 saturated carbocycles. The van der Waals surface area contributed by atoms with Crippen LogP contribution in [0.3, 0.4) is 0 Å². The van der Waals surface area contributed by atoms with Crippen LogP contribution in [0.4, 0.5) is 0 Å². The van der Waals surface area contributed by atoms with Crippen molar-refractivity contribution in [1.29, 1.82) is 0 Å². The number of ether oxygens (including phenoxy) is 2. The highest BCUT2D eigenvalue weighted by molar-refractivity contribution is 7.89. The van der Waals surface area contributed by atoms with E-state index < -0.39 is 10.0 Å². The Labute approximate surface area is 191 Å². The first-order chi connectivity index (χ1) is 15.4. The van der Waals surface area contributed by atoms with E-state index in [1.165, 1.54) is 12.1 Å². The number of halogens is 1. The molecule has 166 valence electrons. The quantitative estimate of drug-likeness (QED) is 0.523. The number of hydrogen-bond donors (Lipinski definition) is 2. The molecule has 2 N–H and O–H groups in total. The fourth-order valence-corrected chi connectivity index (χ4v) is 4.51. The number of hydrogen-bond acceptors (Lipinski definition) is 5. The van der Waals surface area contributed by atoms with E-state index in [0.717, 1.165) is 11.1 Å². The van der Waals surface area contributed by atoms with E-state index in [-0.39, 0.29) is 29.7 Å². The maximum absolute atomic E-state index is 12.7. The van der Waals surface area contributed by atoms with Crippen molar-refractivity contribution in [3.8, 4) is 11.5 Å². The lowest BCUT2D eigenvalue weighted by Crippen LogP contribution is -2.27. The molecule has 1 heterocycles. The Bertz CT molecular complexity index is 1250. The summed E-state index contributed by atoms with van der Waals surface area (Å²) < 4.78 is 38.6. The van der Waals surface area contributed by atoms with Gasteiger partial charge in [-0.05, 0) is 60.0 Å². The van der Waals surface area contributed by atoms with Crippen molar-refractivity contribution >= 4 is 27.5 Å². The lowest BCUT2D eigenvalue weighted by atomic mass is 10.1. The predicted octanol–water partition coefficient (Wildman–Crippen LogP) is 3.52. The van der Waals surface area contributed by atoms with Crippen LogP contribution in [0.5, 0.6) is 11.5 Å². The molecule has 3 aromatic carbocycles. The molecule has 0 fully saturated rings. The molecule has 32 heavy (non-hydrogen) atoms. The summed E-state index contributed by atoms with van der Waals surface area (Å²) >= 11 is 5.97. The van der Waals surface area contributed by atoms with E-state index in [1.54, 1.807) is 36.4 Å². The molecule has 0 spiro atoms. The Balaban J connectivity index is 1.37. The van der Waals surface area contributed by atoms with Crippen molar-refractivity contribution in [2.45, 2.75) is 17.9 Å². The van der Waals surface area contributed by atoms with Crippen LogP contribution >= 0.6 is 11.6 Å². The summed E-state index contributed by atoms with van der Waals surface area (Å²) in [7, 11) is -3.81. The number of benzene rings is 3. The molecule has 9 heteroatoms. The molecule has 1 aliphatic heterocycles. The van der Waals surface area contributed by atoms with E-state index in [9.17, 15) is 13.2 Å². The molecule has 0 radical (unpaired) electrons. The Kier molecular flexibility index (Phi) is 6.64. The third-order valence-corrected chi connectivity index (χ3v) is 6.53. The Morgan fingerprint density at radius 1 is 0.938 bits per heavy atom. The van der Waals surface area contributed by atoms with Gasteiger partial charge in [-0.2, -0.15) is 0 Å². The fraction of sp³-hybridized carbons (Fsp3) is 0.174. The number of fused-ring (bicyclic) bond motifs is 1. The average Bonchev–Trinajstić information content (AvgIpc) is 3.26. The van der Waals surface area contributed by atoms with Crippen LogP contribution in [0.25, 0.3) is 0 Å². The van der Waals surface area contributed by atoms with Crippen LogP contribution in [0.1, 0.15) is 21.5 Å². The number of rotatable bonds is 8. The van der Waals surface area contributed by atoms with Gasteiger partial charge < -0.3 is 14.8 Å². The number of sulfonamides is 1. The SMILES string of the molecule is O=C(NCCc1cccc(Cl)c1)c1cccc(S(=O)(=O)NCc2ccc3c(c2)OCO3)c1. The van der Waals surface area contributed by atoms with Crippen molar-refractivity contribution in [3.05, 3.63) is 88.4 Å². The summed E-state index contributed by atoms with van der Waals surface area (Å²) in [4.78, 5) is 12.5. The van der Waals surface area contributed by atoms with Crippen molar-refractivity contribution in [2.75, 3.05) is 13.3 Å². The van der Waals surface area contributed by atoms with Gasteiger partial charge in [0.25, 0.3) is 5.91 Å². The molecule has 0 atom stereocenters. The van der Waals surface area contributed by atoms with Crippen LogP contribution in [-0.2, 0) is 23.0 Å². The van der Waals surface area contributed by atoms with E-state index >= 15 is 0 Å². The normalized spacial score (nSPS) is 12.5. The fourth-order valence-electron chi connectivity index (χ4n) is 3.23. The van der Waals surface area contributed by atoms with Crippen LogP contribution in [0.2, 0.25) is 5.02 Å². The van der Waals surface area contributed by atoms with Crippen LogP contribution in [-0.4, -0.2) is 27.7 Å². The first kappa shape index (κ1) is 22.1. The van der Waals surface area contributed by atoms with Gasteiger partial charge in [0, 0.05) is 23.7 Å². The van der Waals surface area contributed by atoms with Gasteiger partial charge >= 0.3 is 0 Å². The molecular weight excluding hydrogens is 452 g/mol. The minimum Gasteiger partial charge on any atom is -0.454 e. The minimum atomic E-state index is -3.81. The maximum Gasteiger partial charge on any atom is 0.251 e. The number of carbonyl (C=O) groups is 1. The van der Waals surface area contributed by atoms with Crippen molar-refractivity contribution < 1.29 is 22.7 Å². The Morgan fingerprint density at radius 3 is 2.59 bits per heavy atom. The molecule has 1 amide bonds. The monoisotopic (exact) mass is 472 g/mol. The molecule has 4 rings (SSSR count). The lowest BCUT2D eigenvalue weighted by molar-refractivity contribution is 0.0954. The minimum absolute atomic E-state index is 0.0146. The zero-order chi connectivity index (χ0) is 22.6. The highest BCUT2D eigenvalue weighted by atomic mass is 35.5. The molecule has 1 aliphatic rings. The number of carbonyl (C=O) groups excluding carboxylic acids is 1. The third kappa shape index (κ3) is 5.40. The van der Waals surface area contributed by atoms with Gasteiger partial charge in [0.1, 0.15) is 0 Å². The smallest absolute Gasteiger partial charge is 0.251 e. The van der Waals surface area contributed by atoms with Gasteiger partial charge in [-0.3, -0.25) is 4.79 Å². The zero-order valence-corrected chi connectivity index (χ0v) is 18.6. The summed E-state index contributed by atoms with van der Waals surface area (Å²) in [6.45, 7) is 0.631. The largest absolute Gasteiger partial charge is 0.454 e. The Hall–Kier alpha value is -3.07. The predicted molar refractivity (Wildman–Crippen MR) is 121 cm³/mol. The second-order valence-corrected chi connectivity index (χ2v) is 9.38. The number of amides is 1. The summed E-state index contributed by atoms with van der Waals surface area (Å²) in [5.41, 5.74) is 2.00. The van der Waals surface area contributed by atoms with Crippen molar-refractivity contribution in [2.24, 2.45) is 0 Å². The van der Waals surface area contributed by atoms with E-state index in [2.05, 4.69) is 10.0 Å². The second kappa shape index (κ2) is 9.60. The third-order valence-electron chi connectivity index (χ3n) is 4.90. The molecule has 0 bridgehead atoms. The maximum atomic E-state index is 12.7. The van der Waals surface area contributed by atoms with E-state index in [1.807, 2.05) is 18.2 Å². The highest BCUT2D eigenvalue weighted by Crippen LogP contribution is 2.32. The van der Waals surface area contributed by atoms with E-state index in [4.69, 9.17) is 21.1 Å². The van der Waals surface area contributed by atoms with Gasteiger partial charge in [-0.15, -0.1) is 0 Å². The molecule has 0 aliphatic carbocycles.